The van der Waals surface area contributed by atoms with E-state index in [0.29, 0.717) is 5.92 Å². The molecule has 0 aromatic heterocycles. The highest BCUT2D eigenvalue weighted by Crippen LogP contribution is 2.60. The molecule has 3 fully saturated rings. The van der Waals surface area contributed by atoms with Crippen LogP contribution in [0.4, 0.5) is 0 Å². The van der Waals surface area contributed by atoms with Crippen molar-refractivity contribution in [1.82, 2.24) is 4.90 Å². The third kappa shape index (κ3) is 2.69. The van der Waals surface area contributed by atoms with Crippen LogP contribution in [0.1, 0.15) is 37.2 Å². The Morgan fingerprint density at radius 3 is 2.39 bits per heavy atom. The van der Waals surface area contributed by atoms with Gasteiger partial charge < -0.3 is 10.0 Å². The number of benzene rings is 1. The molecule has 1 spiro atoms. The van der Waals surface area contributed by atoms with Gasteiger partial charge in [0.05, 0.1) is 5.92 Å². The Morgan fingerprint density at radius 2 is 1.83 bits per heavy atom. The molecule has 3 aliphatic rings. The van der Waals surface area contributed by atoms with Gasteiger partial charge in [-0.25, -0.2) is 0 Å². The summed E-state index contributed by atoms with van der Waals surface area (Å²) < 4.78 is 1.06. The number of nitrogens with zero attached hydrogens (tertiary/aromatic N) is 1. The van der Waals surface area contributed by atoms with Crippen molar-refractivity contribution in [2.75, 3.05) is 13.1 Å². The molecular weight excluding hydrogens is 358 g/mol. The first-order valence-electron chi connectivity index (χ1n) is 8.27. The number of rotatable bonds is 3. The molecule has 1 saturated heterocycles. The summed E-state index contributed by atoms with van der Waals surface area (Å²) in [5, 5.41) is 9.14. The van der Waals surface area contributed by atoms with E-state index in [2.05, 4.69) is 28.1 Å². The Bertz CT molecular complexity index is 649. The predicted octanol–water partition coefficient (Wildman–Crippen LogP) is 3.27. The molecule has 1 N–H and O–H groups in total. The van der Waals surface area contributed by atoms with Crippen LogP contribution in [-0.2, 0) is 9.59 Å². The van der Waals surface area contributed by atoms with Crippen LogP contribution < -0.4 is 0 Å². The minimum absolute atomic E-state index is 0.00271. The predicted molar refractivity (Wildman–Crippen MR) is 89.0 cm³/mol. The van der Waals surface area contributed by atoms with E-state index in [-0.39, 0.29) is 23.2 Å². The van der Waals surface area contributed by atoms with Crippen molar-refractivity contribution in [2.24, 2.45) is 17.3 Å². The third-order valence-corrected chi connectivity index (χ3v) is 6.49. The summed E-state index contributed by atoms with van der Waals surface area (Å²) in [5.74, 6) is -0.0855. The van der Waals surface area contributed by atoms with Crippen LogP contribution in [0.25, 0.3) is 0 Å². The number of aliphatic carboxylic acids is 1. The Kier molecular flexibility index (Phi) is 3.52. The number of piperidine rings is 1. The van der Waals surface area contributed by atoms with Crippen LogP contribution in [0.2, 0.25) is 0 Å². The standard InChI is InChI=1S/C18H20BrNO3/c19-12-3-1-11(2-4-12)13-9-14(13)16(21)20-7-5-18(6-8-20)10-15(18)17(22)23/h1-4,13-15H,5-10H2,(H,22,23). The largest absolute Gasteiger partial charge is 0.481 e. The van der Waals surface area contributed by atoms with Gasteiger partial charge in [0.1, 0.15) is 0 Å². The maximum absolute atomic E-state index is 12.7. The second-order valence-corrected chi connectivity index (χ2v) is 8.20. The molecule has 122 valence electrons. The highest BCUT2D eigenvalue weighted by atomic mass is 79.9. The van der Waals surface area contributed by atoms with Crippen LogP contribution in [0.3, 0.4) is 0 Å². The Morgan fingerprint density at radius 1 is 1.17 bits per heavy atom. The number of carbonyl (C=O) groups is 2. The van der Waals surface area contributed by atoms with E-state index in [1.54, 1.807) is 0 Å². The molecule has 1 heterocycles. The fraction of sp³-hybridized carbons (Fsp3) is 0.556. The molecule has 5 heteroatoms. The fourth-order valence-electron chi connectivity index (χ4n) is 4.20. The smallest absolute Gasteiger partial charge is 0.307 e. The number of hydrogen-bond acceptors (Lipinski definition) is 2. The van der Waals surface area contributed by atoms with Gasteiger partial charge in [-0.3, -0.25) is 9.59 Å². The molecule has 23 heavy (non-hydrogen) atoms. The third-order valence-electron chi connectivity index (χ3n) is 5.96. The number of likely N-dealkylation sites (tertiary alicyclic amines) is 1. The van der Waals surface area contributed by atoms with Crippen molar-refractivity contribution in [1.29, 1.82) is 0 Å². The summed E-state index contributed by atoms with van der Waals surface area (Å²) >= 11 is 3.44. The lowest BCUT2D eigenvalue weighted by molar-refractivity contribution is -0.140. The highest BCUT2D eigenvalue weighted by Gasteiger charge is 2.59. The Balaban J connectivity index is 1.33. The van der Waals surface area contributed by atoms with Crippen molar-refractivity contribution in [3.05, 3.63) is 34.3 Å². The van der Waals surface area contributed by atoms with Gasteiger partial charge in [0.15, 0.2) is 0 Å². The molecule has 0 bridgehead atoms. The van der Waals surface area contributed by atoms with Gasteiger partial charge in [-0.2, -0.15) is 0 Å². The zero-order valence-electron chi connectivity index (χ0n) is 12.9. The average molecular weight is 378 g/mol. The number of hydrogen-bond donors (Lipinski definition) is 1. The first-order chi connectivity index (χ1) is 11.0. The molecular formula is C18H20BrNO3. The van der Waals surface area contributed by atoms with Crippen LogP contribution in [0.5, 0.6) is 0 Å². The number of amides is 1. The van der Waals surface area contributed by atoms with E-state index >= 15 is 0 Å². The molecule has 4 nitrogen and oxygen atoms in total. The van der Waals surface area contributed by atoms with E-state index in [4.69, 9.17) is 5.11 Å². The zero-order chi connectivity index (χ0) is 16.2. The number of carboxylic acid groups (broad SMARTS) is 1. The lowest BCUT2D eigenvalue weighted by atomic mass is 9.90. The van der Waals surface area contributed by atoms with E-state index in [1.165, 1.54) is 5.56 Å². The van der Waals surface area contributed by atoms with Crippen LogP contribution in [0, 0.1) is 17.3 Å². The van der Waals surface area contributed by atoms with Crippen LogP contribution >= 0.6 is 15.9 Å². The number of carbonyl (C=O) groups excluding carboxylic acids is 1. The molecule has 4 rings (SSSR count). The average Bonchev–Trinajstić information content (AvgIpc) is 3.43. The van der Waals surface area contributed by atoms with Crippen LogP contribution in [0.15, 0.2) is 28.7 Å². The Labute approximate surface area is 144 Å². The lowest BCUT2D eigenvalue weighted by Gasteiger charge is -2.33. The summed E-state index contributed by atoms with van der Waals surface area (Å²) in [6.45, 7) is 1.46. The summed E-state index contributed by atoms with van der Waals surface area (Å²) in [4.78, 5) is 25.7. The molecule has 0 radical (unpaired) electrons. The Hall–Kier alpha value is -1.36. The second kappa shape index (κ2) is 5.33. The molecule has 3 atom stereocenters. The van der Waals surface area contributed by atoms with Crippen molar-refractivity contribution in [3.63, 3.8) is 0 Å². The highest BCUT2D eigenvalue weighted by molar-refractivity contribution is 9.10. The van der Waals surface area contributed by atoms with Gasteiger partial charge in [-0.15, -0.1) is 0 Å². The maximum Gasteiger partial charge on any atom is 0.307 e. The van der Waals surface area contributed by atoms with Crippen molar-refractivity contribution >= 4 is 27.8 Å². The van der Waals surface area contributed by atoms with Gasteiger partial charge in [-0.1, -0.05) is 28.1 Å². The monoisotopic (exact) mass is 377 g/mol. The molecule has 3 unspecified atom stereocenters. The van der Waals surface area contributed by atoms with E-state index in [1.807, 2.05) is 17.0 Å². The summed E-state index contributed by atoms with van der Waals surface area (Å²) in [7, 11) is 0. The van der Waals surface area contributed by atoms with E-state index < -0.39 is 5.97 Å². The molecule has 1 aromatic carbocycles. The van der Waals surface area contributed by atoms with Gasteiger partial charge in [-0.05, 0) is 54.7 Å². The van der Waals surface area contributed by atoms with E-state index in [0.717, 1.165) is 43.2 Å². The quantitative estimate of drug-likeness (QED) is 0.879. The molecule has 2 saturated carbocycles. The topological polar surface area (TPSA) is 57.6 Å². The van der Waals surface area contributed by atoms with E-state index in [9.17, 15) is 9.59 Å². The summed E-state index contributed by atoms with van der Waals surface area (Å²) in [6, 6.07) is 8.24. The zero-order valence-corrected chi connectivity index (χ0v) is 14.5. The lowest BCUT2D eigenvalue weighted by Crippen LogP contribution is -2.41. The number of carboxylic acids is 1. The first-order valence-corrected chi connectivity index (χ1v) is 9.06. The molecule has 1 aromatic rings. The van der Waals surface area contributed by atoms with Crippen LogP contribution in [-0.4, -0.2) is 35.0 Å². The first kappa shape index (κ1) is 15.2. The van der Waals surface area contributed by atoms with Gasteiger partial charge >= 0.3 is 5.97 Å². The summed E-state index contributed by atoms with van der Waals surface area (Å²) in [5.41, 5.74) is 1.24. The minimum Gasteiger partial charge on any atom is -0.481 e. The molecule has 2 aliphatic carbocycles. The summed E-state index contributed by atoms with van der Waals surface area (Å²) in [6.07, 6.45) is 3.45. The second-order valence-electron chi connectivity index (χ2n) is 7.28. The fourth-order valence-corrected chi connectivity index (χ4v) is 4.47. The normalized spacial score (nSPS) is 31.0. The molecule has 1 aliphatic heterocycles. The SMILES string of the molecule is O=C(O)C1CC12CCN(C(=O)C1CC1c1ccc(Br)cc1)CC2. The molecule has 1 amide bonds. The van der Waals surface area contributed by atoms with Crippen molar-refractivity contribution in [3.8, 4) is 0 Å². The minimum atomic E-state index is -0.665. The number of halogens is 1. The van der Waals surface area contributed by atoms with Gasteiger partial charge in [0.2, 0.25) is 5.91 Å². The van der Waals surface area contributed by atoms with Gasteiger partial charge in [0, 0.05) is 23.5 Å². The van der Waals surface area contributed by atoms with Gasteiger partial charge in [0.25, 0.3) is 0 Å². The maximum atomic E-state index is 12.7. The van der Waals surface area contributed by atoms with Crippen molar-refractivity contribution in [2.45, 2.75) is 31.6 Å². The van der Waals surface area contributed by atoms with Crippen molar-refractivity contribution < 1.29 is 14.7 Å².